The summed E-state index contributed by atoms with van der Waals surface area (Å²) in [5, 5.41) is 8.80. The minimum absolute atomic E-state index is 0. The van der Waals surface area contributed by atoms with Gasteiger partial charge in [-0.2, -0.15) is 0 Å². The summed E-state index contributed by atoms with van der Waals surface area (Å²) < 4.78 is 4.91. The zero-order valence-electron chi connectivity index (χ0n) is 12.9. The van der Waals surface area contributed by atoms with Gasteiger partial charge in [-0.1, -0.05) is 20.8 Å². The van der Waals surface area contributed by atoms with Gasteiger partial charge in [0.25, 0.3) is 5.91 Å². The highest BCUT2D eigenvalue weighted by atomic mass is 35.5. The quantitative estimate of drug-likeness (QED) is 0.734. The van der Waals surface area contributed by atoms with Crippen molar-refractivity contribution < 1.29 is 9.53 Å². The number of amides is 1. The zero-order chi connectivity index (χ0) is 14.3. The van der Waals surface area contributed by atoms with Gasteiger partial charge in [0.1, 0.15) is 5.69 Å². The summed E-state index contributed by atoms with van der Waals surface area (Å²) in [4.78, 5) is 16.2. The van der Waals surface area contributed by atoms with Gasteiger partial charge in [-0.15, -0.1) is 36.2 Å². The summed E-state index contributed by atoms with van der Waals surface area (Å²) in [6.45, 7) is 9.05. The maximum atomic E-state index is 11.9. The number of rotatable bonds is 7. The predicted octanol–water partition coefficient (Wildman–Crippen LogP) is 2.25. The molecule has 0 aliphatic carbocycles. The number of methoxy groups -OCH3 is 1. The Labute approximate surface area is 143 Å². The monoisotopic (exact) mass is 357 g/mol. The number of ether oxygens (including phenoxy) is 1. The molecule has 8 heteroatoms. The molecule has 1 heterocycles. The number of halogens is 2. The second kappa shape index (κ2) is 11.2. The van der Waals surface area contributed by atoms with E-state index in [9.17, 15) is 4.79 Å². The maximum Gasteiger partial charge on any atom is 0.270 e. The summed E-state index contributed by atoms with van der Waals surface area (Å²) >= 11 is 1.53. The number of hydrogen-bond acceptors (Lipinski definition) is 5. The molecule has 0 aliphatic heterocycles. The van der Waals surface area contributed by atoms with Gasteiger partial charge in [0.2, 0.25) is 0 Å². The van der Waals surface area contributed by atoms with Gasteiger partial charge >= 0.3 is 0 Å². The molecule has 0 spiro atoms. The van der Waals surface area contributed by atoms with E-state index in [1.807, 2.05) is 5.38 Å². The van der Waals surface area contributed by atoms with Crippen LogP contribution in [0.4, 0.5) is 0 Å². The highest BCUT2D eigenvalue weighted by molar-refractivity contribution is 7.10. The van der Waals surface area contributed by atoms with E-state index in [-0.39, 0.29) is 36.1 Å². The Balaban J connectivity index is 0. The van der Waals surface area contributed by atoms with Crippen molar-refractivity contribution in [2.45, 2.75) is 26.2 Å². The van der Waals surface area contributed by atoms with Gasteiger partial charge in [0, 0.05) is 37.5 Å². The van der Waals surface area contributed by atoms with Crippen molar-refractivity contribution in [3.8, 4) is 0 Å². The van der Waals surface area contributed by atoms with Crippen molar-refractivity contribution >= 4 is 42.1 Å². The van der Waals surface area contributed by atoms with E-state index >= 15 is 0 Å². The Morgan fingerprint density at radius 1 is 1.29 bits per heavy atom. The molecule has 1 rings (SSSR count). The lowest BCUT2D eigenvalue weighted by Crippen LogP contribution is -2.33. The first-order valence-corrected chi connectivity index (χ1v) is 7.27. The molecule has 1 aromatic rings. The van der Waals surface area contributed by atoms with E-state index in [1.165, 1.54) is 11.3 Å². The van der Waals surface area contributed by atoms with Crippen LogP contribution in [0.1, 0.15) is 36.3 Å². The van der Waals surface area contributed by atoms with E-state index < -0.39 is 0 Å². The van der Waals surface area contributed by atoms with Crippen LogP contribution in [-0.2, 0) is 10.2 Å². The lowest BCUT2D eigenvalue weighted by atomic mass is 9.98. The fourth-order valence-electron chi connectivity index (χ4n) is 1.38. The third-order valence-corrected chi connectivity index (χ3v) is 3.72. The molecule has 2 N–H and O–H groups in total. The van der Waals surface area contributed by atoms with Crippen LogP contribution in [-0.4, -0.2) is 44.2 Å². The van der Waals surface area contributed by atoms with E-state index in [4.69, 9.17) is 4.74 Å². The van der Waals surface area contributed by atoms with Crippen LogP contribution in [0, 0.1) is 0 Å². The van der Waals surface area contributed by atoms with Crippen LogP contribution >= 0.6 is 36.2 Å². The van der Waals surface area contributed by atoms with Gasteiger partial charge in [-0.05, 0) is 0 Å². The Morgan fingerprint density at radius 2 is 1.95 bits per heavy atom. The lowest BCUT2D eigenvalue weighted by molar-refractivity contribution is 0.0949. The van der Waals surface area contributed by atoms with E-state index in [2.05, 4.69) is 36.4 Å². The number of nitrogens with one attached hydrogen (secondary N) is 2. The smallest absolute Gasteiger partial charge is 0.270 e. The Kier molecular flexibility index (Phi) is 12.2. The van der Waals surface area contributed by atoms with Crippen molar-refractivity contribution in [1.29, 1.82) is 0 Å². The van der Waals surface area contributed by atoms with Crippen LogP contribution in [0.25, 0.3) is 0 Å². The molecule has 0 saturated heterocycles. The lowest BCUT2D eigenvalue weighted by Gasteiger charge is -2.13. The third-order valence-electron chi connectivity index (χ3n) is 2.45. The molecule has 0 unspecified atom stereocenters. The van der Waals surface area contributed by atoms with Crippen molar-refractivity contribution in [2.24, 2.45) is 0 Å². The molecule has 21 heavy (non-hydrogen) atoms. The van der Waals surface area contributed by atoms with Gasteiger partial charge in [-0.3, -0.25) is 4.79 Å². The average molecular weight is 358 g/mol. The van der Waals surface area contributed by atoms with E-state index in [0.717, 1.165) is 18.1 Å². The minimum atomic E-state index is -0.111. The predicted molar refractivity (Wildman–Crippen MR) is 92.4 cm³/mol. The fourth-order valence-corrected chi connectivity index (χ4v) is 2.26. The molecule has 0 atom stereocenters. The van der Waals surface area contributed by atoms with Crippen molar-refractivity contribution in [3.05, 3.63) is 16.1 Å². The molecular formula is C13H25Cl2N3O2S. The van der Waals surface area contributed by atoms with Gasteiger partial charge in [0.15, 0.2) is 0 Å². The number of carbonyl (C=O) groups excluding carboxylic acids is 1. The summed E-state index contributed by atoms with van der Waals surface area (Å²) in [6, 6.07) is 0. The highest BCUT2D eigenvalue weighted by Crippen LogP contribution is 2.25. The van der Waals surface area contributed by atoms with Crippen molar-refractivity contribution in [3.63, 3.8) is 0 Å². The molecule has 1 aromatic heterocycles. The Morgan fingerprint density at radius 3 is 2.48 bits per heavy atom. The highest BCUT2D eigenvalue weighted by Gasteiger charge is 2.19. The van der Waals surface area contributed by atoms with Crippen LogP contribution < -0.4 is 10.6 Å². The van der Waals surface area contributed by atoms with E-state index in [0.29, 0.717) is 18.8 Å². The third kappa shape index (κ3) is 8.58. The molecular weight excluding hydrogens is 333 g/mol. The summed E-state index contributed by atoms with van der Waals surface area (Å²) in [5.41, 5.74) is 0.497. The zero-order valence-corrected chi connectivity index (χ0v) is 15.3. The number of aromatic nitrogens is 1. The number of thiazole rings is 1. The first-order valence-electron chi connectivity index (χ1n) is 6.39. The van der Waals surface area contributed by atoms with Crippen LogP contribution in [0.5, 0.6) is 0 Å². The number of hydrogen-bond donors (Lipinski definition) is 2. The first kappa shape index (κ1) is 22.9. The second-order valence-electron chi connectivity index (χ2n) is 5.29. The summed E-state index contributed by atoms with van der Waals surface area (Å²) in [7, 11) is 1.67. The standard InChI is InChI=1S/C13H23N3O2S.2ClH/c1-13(2,3)12-16-10(9-19-12)11(17)15-6-5-14-7-8-18-4;;/h9,14H,5-8H2,1-4H3,(H,15,17);2*1H. The number of nitrogens with zero attached hydrogens (tertiary/aromatic N) is 1. The molecule has 1 amide bonds. The molecule has 124 valence electrons. The van der Waals surface area contributed by atoms with Gasteiger partial charge < -0.3 is 15.4 Å². The topological polar surface area (TPSA) is 63.2 Å². The average Bonchev–Trinajstić information content (AvgIpc) is 2.82. The largest absolute Gasteiger partial charge is 0.383 e. The molecule has 0 bridgehead atoms. The fraction of sp³-hybridized carbons (Fsp3) is 0.692. The normalized spacial score (nSPS) is 10.5. The Hall–Kier alpha value is -0.400. The minimum Gasteiger partial charge on any atom is -0.383 e. The van der Waals surface area contributed by atoms with Gasteiger partial charge in [-0.25, -0.2) is 4.98 Å². The molecule has 5 nitrogen and oxygen atoms in total. The van der Waals surface area contributed by atoms with Crippen molar-refractivity contribution in [1.82, 2.24) is 15.6 Å². The Bertz CT molecular complexity index is 408. The van der Waals surface area contributed by atoms with Crippen LogP contribution in [0.2, 0.25) is 0 Å². The maximum absolute atomic E-state index is 11.9. The second-order valence-corrected chi connectivity index (χ2v) is 6.14. The molecule has 0 fully saturated rings. The summed E-state index contributed by atoms with van der Waals surface area (Å²) in [5.74, 6) is -0.111. The van der Waals surface area contributed by atoms with Crippen molar-refractivity contribution in [2.75, 3.05) is 33.4 Å². The molecule has 0 saturated carbocycles. The van der Waals surface area contributed by atoms with Gasteiger partial charge in [0.05, 0.1) is 11.6 Å². The van der Waals surface area contributed by atoms with Crippen LogP contribution in [0.15, 0.2) is 5.38 Å². The SMILES string of the molecule is COCCNCCNC(=O)c1csc(C(C)(C)C)n1.Cl.Cl. The number of carbonyl (C=O) groups is 1. The van der Waals surface area contributed by atoms with Crippen LogP contribution in [0.3, 0.4) is 0 Å². The molecule has 0 radical (unpaired) electrons. The first-order chi connectivity index (χ1) is 8.95. The molecule has 0 aromatic carbocycles. The molecule has 0 aliphatic rings. The summed E-state index contributed by atoms with van der Waals surface area (Å²) in [6.07, 6.45) is 0. The van der Waals surface area contributed by atoms with E-state index in [1.54, 1.807) is 7.11 Å².